The third-order valence-corrected chi connectivity index (χ3v) is 3.18. The van der Waals surface area contributed by atoms with Crippen LogP contribution in [0, 0.1) is 0 Å². The van der Waals surface area contributed by atoms with Gasteiger partial charge in [-0.15, -0.1) is 0 Å². The molecule has 0 spiro atoms. The lowest BCUT2D eigenvalue weighted by atomic mass is 10.1. The van der Waals surface area contributed by atoms with Crippen LogP contribution in [0.2, 0.25) is 0 Å². The first-order chi connectivity index (χ1) is 9.11. The second-order valence-electron chi connectivity index (χ2n) is 4.90. The van der Waals surface area contributed by atoms with Gasteiger partial charge in [0.25, 0.3) is 0 Å². The minimum atomic E-state index is -0.278. The molecule has 0 heterocycles. The molecule has 1 aromatic rings. The van der Waals surface area contributed by atoms with Crippen LogP contribution in [0.4, 0.5) is 0 Å². The molecule has 1 aromatic carbocycles. The first-order valence-electron chi connectivity index (χ1n) is 6.76. The molecule has 19 heavy (non-hydrogen) atoms. The molecule has 2 rings (SSSR count). The minimum Gasteiger partial charge on any atom is -0.494 e. The number of carbonyl (C=O) groups excluding carboxylic acids is 1. The van der Waals surface area contributed by atoms with Crippen LogP contribution < -0.4 is 4.74 Å². The van der Waals surface area contributed by atoms with Crippen molar-refractivity contribution in [1.82, 2.24) is 0 Å². The second kappa shape index (κ2) is 5.91. The van der Waals surface area contributed by atoms with E-state index in [1.165, 1.54) is 12.5 Å². The molecule has 0 N–H and O–H groups in total. The highest BCUT2D eigenvalue weighted by molar-refractivity contribution is 5.81. The Bertz CT molecular complexity index is 515. The SMILES string of the molecule is CCCCOc1ccc2c(c1)C(OC(C)=O)=C(C)C2. The summed E-state index contributed by atoms with van der Waals surface area (Å²) in [5, 5.41) is 0. The maximum absolute atomic E-state index is 11.2. The van der Waals surface area contributed by atoms with Crippen molar-refractivity contribution in [3.05, 3.63) is 34.9 Å². The quantitative estimate of drug-likeness (QED) is 0.598. The van der Waals surface area contributed by atoms with Crippen molar-refractivity contribution in [2.75, 3.05) is 6.61 Å². The van der Waals surface area contributed by atoms with Crippen LogP contribution in [0.5, 0.6) is 5.75 Å². The summed E-state index contributed by atoms with van der Waals surface area (Å²) in [7, 11) is 0. The number of unbranched alkanes of at least 4 members (excludes halogenated alkanes) is 1. The molecular weight excluding hydrogens is 240 g/mol. The maximum Gasteiger partial charge on any atom is 0.308 e. The van der Waals surface area contributed by atoms with Crippen molar-refractivity contribution in [2.24, 2.45) is 0 Å². The van der Waals surface area contributed by atoms with E-state index in [0.717, 1.165) is 42.8 Å². The minimum absolute atomic E-state index is 0.278. The largest absolute Gasteiger partial charge is 0.494 e. The van der Waals surface area contributed by atoms with Crippen LogP contribution in [-0.2, 0) is 16.0 Å². The van der Waals surface area contributed by atoms with Crippen molar-refractivity contribution in [3.8, 4) is 5.75 Å². The van der Waals surface area contributed by atoms with Gasteiger partial charge in [-0.05, 0) is 43.0 Å². The Morgan fingerprint density at radius 3 is 2.84 bits per heavy atom. The van der Waals surface area contributed by atoms with E-state index in [9.17, 15) is 4.79 Å². The average Bonchev–Trinajstić information content (AvgIpc) is 2.66. The molecular formula is C16H20O3. The first-order valence-corrected chi connectivity index (χ1v) is 6.76. The predicted octanol–water partition coefficient (Wildman–Crippen LogP) is 3.72. The zero-order chi connectivity index (χ0) is 13.8. The van der Waals surface area contributed by atoms with Gasteiger partial charge in [0.1, 0.15) is 11.5 Å². The van der Waals surface area contributed by atoms with Crippen molar-refractivity contribution in [3.63, 3.8) is 0 Å². The Balaban J connectivity index is 2.19. The molecule has 1 aliphatic carbocycles. The smallest absolute Gasteiger partial charge is 0.308 e. The van der Waals surface area contributed by atoms with Crippen LogP contribution in [-0.4, -0.2) is 12.6 Å². The number of carbonyl (C=O) groups is 1. The van der Waals surface area contributed by atoms with Gasteiger partial charge < -0.3 is 9.47 Å². The lowest BCUT2D eigenvalue weighted by molar-refractivity contribution is -0.134. The lowest BCUT2D eigenvalue weighted by Gasteiger charge is -2.09. The molecule has 0 amide bonds. The number of esters is 1. The highest BCUT2D eigenvalue weighted by Gasteiger charge is 2.22. The second-order valence-corrected chi connectivity index (χ2v) is 4.90. The summed E-state index contributed by atoms with van der Waals surface area (Å²) in [6.45, 7) is 6.29. The van der Waals surface area contributed by atoms with Crippen LogP contribution >= 0.6 is 0 Å². The fourth-order valence-electron chi connectivity index (χ4n) is 2.23. The third-order valence-electron chi connectivity index (χ3n) is 3.18. The number of ether oxygens (including phenoxy) is 2. The van der Waals surface area contributed by atoms with E-state index in [4.69, 9.17) is 9.47 Å². The van der Waals surface area contributed by atoms with Gasteiger partial charge in [0, 0.05) is 12.5 Å². The van der Waals surface area contributed by atoms with Gasteiger partial charge in [-0.1, -0.05) is 19.4 Å². The van der Waals surface area contributed by atoms with Crippen LogP contribution in [0.3, 0.4) is 0 Å². The van der Waals surface area contributed by atoms with Crippen LogP contribution in [0.1, 0.15) is 44.7 Å². The Morgan fingerprint density at radius 1 is 1.37 bits per heavy atom. The number of allylic oxidation sites excluding steroid dienone is 1. The molecule has 0 fully saturated rings. The van der Waals surface area contributed by atoms with Gasteiger partial charge in [-0.3, -0.25) is 4.79 Å². The molecule has 1 aliphatic rings. The fraction of sp³-hybridized carbons (Fsp3) is 0.438. The molecule has 0 aromatic heterocycles. The Kier molecular flexibility index (Phi) is 4.25. The Hall–Kier alpha value is -1.77. The van der Waals surface area contributed by atoms with Gasteiger partial charge in [-0.25, -0.2) is 0 Å². The summed E-state index contributed by atoms with van der Waals surface area (Å²) < 4.78 is 11.0. The van der Waals surface area contributed by atoms with E-state index in [1.54, 1.807) is 0 Å². The standard InChI is InChI=1S/C16H20O3/c1-4-5-8-18-14-7-6-13-9-11(2)16(15(13)10-14)19-12(3)17/h6-7,10H,4-5,8-9H2,1-3H3. The lowest BCUT2D eigenvalue weighted by Crippen LogP contribution is -2.00. The monoisotopic (exact) mass is 260 g/mol. The predicted molar refractivity (Wildman–Crippen MR) is 74.9 cm³/mol. The summed E-state index contributed by atoms with van der Waals surface area (Å²) in [5.41, 5.74) is 3.27. The molecule has 3 heteroatoms. The normalized spacial score (nSPS) is 13.4. The Labute approximate surface area is 114 Å². The molecule has 0 atom stereocenters. The number of benzene rings is 1. The molecule has 0 bridgehead atoms. The molecule has 102 valence electrons. The van der Waals surface area contributed by atoms with Crippen molar-refractivity contribution in [2.45, 2.75) is 40.0 Å². The number of rotatable bonds is 5. The zero-order valence-corrected chi connectivity index (χ0v) is 11.8. The van der Waals surface area contributed by atoms with Crippen LogP contribution in [0.25, 0.3) is 5.76 Å². The first kappa shape index (κ1) is 13.7. The van der Waals surface area contributed by atoms with E-state index in [0.29, 0.717) is 5.76 Å². The Morgan fingerprint density at radius 2 is 2.16 bits per heavy atom. The van der Waals surface area contributed by atoms with Crippen molar-refractivity contribution in [1.29, 1.82) is 0 Å². The molecule has 0 aliphatic heterocycles. The van der Waals surface area contributed by atoms with Gasteiger partial charge in [0.05, 0.1) is 6.61 Å². The summed E-state index contributed by atoms with van der Waals surface area (Å²) >= 11 is 0. The van der Waals surface area contributed by atoms with Crippen LogP contribution in [0.15, 0.2) is 23.8 Å². The molecule has 0 radical (unpaired) electrons. The maximum atomic E-state index is 11.2. The van der Waals surface area contributed by atoms with Gasteiger partial charge in [-0.2, -0.15) is 0 Å². The summed E-state index contributed by atoms with van der Waals surface area (Å²) in [6, 6.07) is 6.01. The molecule has 3 nitrogen and oxygen atoms in total. The van der Waals surface area contributed by atoms with E-state index in [2.05, 4.69) is 13.0 Å². The fourth-order valence-corrected chi connectivity index (χ4v) is 2.23. The number of fused-ring (bicyclic) bond motifs is 1. The highest BCUT2D eigenvalue weighted by Crippen LogP contribution is 2.35. The summed E-state index contributed by atoms with van der Waals surface area (Å²) in [6.07, 6.45) is 3.00. The summed E-state index contributed by atoms with van der Waals surface area (Å²) in [4.78, 5) is 11.2. The average molecular weight is 260 g/mol. The molecule has 0 unspecified atom stereocenters. The van der Waals surface area contributed by atoms with Gasteiger partial charge in [0.2, 0.25) is 0 Å². The zero-order valence-electron chi connectivity index (χ0n) is 11.8. The van der Waals surface area contributed by atoms with Gasteiger partial charge >= 0.3 is 5.97 Å². The number of hydrogen-bond acceptors (Lipinski definition) is 3. The van der Waals surface area contributed by atoms with E-state index < -0.39 is 0 Å². The number of hydrogen-bond donors (Lipinski definition) is 0. The van der Waals surface area contributed by atoms with E-state index in [1.807, 2.05) is 19.1 Å². The third kappa shape index (κ3) is 3.16. The van der Waals surface area contributed by atoms with Crippen molar-refractivity contribution >= 4 is 11.7 Å². The highest BCUT2D eigenvalue weighted by atomic mass is 16.5. The molecule has 0 saturated carbocycles. The summed E-state index contributed by atoms with van der Waals surface area (Å²) in [5.74, 6) is 1.26. The topological polar surface area (TPSA) is 35.5 Å². The van der Waals surface area contributed by atoms with E-state index >= 15 is 0 Å². The van der Waals surface area contributed by atoms with Gasteiger partial charge in [0.15, 0.2) is 0 Å². The van der Waals surface area contributed by atoms with Crippen molar-refractivity contribution < 1.29 is 14.3 Å². The molecule has 0 saturated heterocycles. The van der Waals surface area contributed by atoms with E-state index in [-0.39, 0.29) is 5.97 Å².